The number of nitrogens with zero attached hydrogens (tertiary/aromatic N) is 6. The molecule has 164 valence electrons. The van der Waals surface area contributed by atoms with Gasteiger partial charge in [0.1, 0.15) is 5.69 Å². The molecule has 0 spiro atoms. The number of hydrogen-bond acceptors (Lipinski definition) is 6. The molecule has 3 aromatic rings. The molecule has 31 heavy (non-hydrogen) atoms. The first-order valence-corrected chi connectivity index (χ1v) is 10.7. The number of nitrogens with one attached hydrogen (secondary N) is 1. The van der Waals surface area contributed by atoms with E-state index in [9.17, 15) is 9.59 Å². The van der Waals surface area contributed by atoms with Crippen LogP contribution in [0.15, 0.2) is 17.1 Å². The normalized spacial score (nSPS) is 16.7. The fourth-order valence-corrected chi connectivity index (χ4v) is 4.37. The summed E-state index contributed by atoms with van der Waals surface area (Å²) in [5, 5.41) is 4.96. The number of rotatable bonds is 4. The molecule has 4 rings (SSSR count). The summed E-state index contributed by atoms with van der Waals surface area (Å²) in [6.45, 7) is 5.26. The largest absolute Gasteiger partial charge is 0.347 e. The summed E-state index contributed by atoms with van der Waals surface area (Å²) in [7, 11) is 5.55. The molecular formula is C22H29N7O2. The first-order chi connectivity index (χ1) is 14.8. The van der Waals surface area contributed by atoms with Crippen molar-refractivity contribution in [1.82, 2.24) is 29.6 Å². The van der Waals surface area contributed by atoms with Gasteiger partial charge in [0.2, 0.25) is 5.95 Å². The van der Waals surface area contributed by atoms with Crippen molar-refractivity contribution in [3.63, 3.8) is 0 Å². The highest BCUT2D eigenvalue weighted by molar-refractivity contribution is 5.94. The van der Waals surface area contributed by atoms with E-state index in [1.807, 2.05) is 50.9 Å². The van der Waals surface area contributed by atoms with Gasteiger partial charge < -0.3 is 14.8 Å². The number of likely N-dealkylation sites (tertiary alicyclic amines) is 1. The van der Waals surface area contributed by atoms with Crippen LogP contribution in [0.2, 0.25) is 0 Å². The van der Waals surface area contributed by atoms with Crippen molar-refractivity contribution in [1.29, 1.82) is 0 Å². The van der Waals surface area contributed by atoms with Crippen LogP contribution in [0.3, 0.4) is 0 Å². The molecule has 0 unspecified atom stereocenters. The van der Waals surface area contributed by atoms with Crippen LogP contribution >= 0.6 is 0 Å². The summed E-state index contributed by atoms with van der Waals surface area (Å²) in [5.74, 6) is 0.604. The molecule has 1 aliphatic heterocycles. The Bertz CT molecular complexity index is 1190. The van der Waals surface area contributed by atoms with Gasteiger partial charge in [-0.2, -0.15) is 5.10 Å². The van der Waals surface area contributed by atoms with E-state index in [-0.39, 0.29) is 17.4 Å². The van der Waals surface area contributed by atoms with Crippen molar-refractivity contribution in [3.8, 4) is 0 Å². The van der Waals surface area contributed by atoms with Crippen molar-refractivity contribution in [2.24, 2.45) is 7.05 Å². The molecule has 1 atom stereocenters. The summed E-state index contributed by atoms with van der Waals surface area (Å²) in [6.07, 6.45) is 4.14. The van der Waals surface area contributed by atoms with Crippen molar-refractivity contribution in [3.05, 3.63) is 45.3 Å². The molecule has 1 fully saturated rings. The number of hydrogen-bond donors (Lipinski definition) is 1. The highest BCUT2D eigenvalue weighted by Gasteiger charge is 2.29. The van der Waals surface area contributed by atoms with Gasteiger partial charge in [0, 0.05) is 57.6 Å². The highest BCUT2D eigenvalue weighted by Crippen LogP contribution is 2.28. The van der Waals surface area contributed by atoms with Crippen LogP contribution in [0.25, 0.3) is 10.9 Å². The number of amides is 1. The van der Waals surface area contributed by atoms with E-state index in [0.717, 1.165) is 36.2 Å². The number of piperidine rings is 1. The predicted octanol–water partition coefficient (Wildman–Crippen LogP) is 2.01. The monoisotopic (exact) mass is 423 g/mol. The third-order valence-electron chi connectivity index (χ3n) is 6.07. The van der Waals surface area contributed by atoms with E-state index >= 15 is 0 Å². The zero-order valence-corrected chi connectivity index (χ0v) is 18.8. The molecule has 9 nitrogen and oxygen atoms in total. The van der Waals surface area contributed by atoms with Gasteiger partial charge in [0.25, 0.3) is 11.5 Å². The molecule has 1 amide bonds. The van der Waals surface area contributed by atoms with Crippen LogP contribution in [0.4, 0.5) is 5.95 Å². The second-order valence-electron chi connectivity index (χ2n) is 8.40. The van der Waals surface area contributed by atoms with Crippen molar-refractivity contribution < 1.29 is 4.79 Å². The van der Waals surface area contributed by atoms with Crippen LogP contribution in [0, 0.1) is 6.92 Å². The Labute approximate surface area is 181 Å². The Hall–Kier alpha value is -3.23. The first kappa shape index (κ1) is 21.0. The Kier molecular flexibility index (Phi) is 5.51. The number of carbonyl (C=O) groups excluding carboxylic acids is 1. The number of anilines is 1. The lowest BCUT2D eigenvalue weighted by atomic mass is 9.93. The lowest BCUT2D eigenvalue weighted by Crippen LogP contribution is -2.40. The molecule has 0 aromatic carbocycles. The second kappa shape index (κ2) is 8.13. The predicted molar refractivity (Wildman–Crippen MR) is 120 cm³/mol. The van der Waals surface area contributed by atoms with Crippen LogP contribution in [0.5, 0.6) is 0 Å². The summed E-state index contributed by atoms with van der Waals surface area (Å²) < 4.78 is 1.69. The molecule has 4 heterocycles. The minimum absolute atomic E-state index is 0.00254. The number of aryl methyl sites for hydroxylation is 2. The molecule has 0 radical (unpaired) electrons. The van der Waals surface area contributed by atoms with Gasteiger partial charge in [-0.1, -0.05) is 6.92 Å². The fraction of sp³-hybridized carbons (Fsp3) is 0.500. The van der Waals surface area contributed by atoms with E-state index in [4.69, 9.17) is 0 Å². The molecule has 1 N–H and O–H groups in total. The lowest BCUT2D eigenvalue weighted by molar-refractivity contribution is 0.0694. The number of carbonyl (C=O) groups is 1. The molecule has 1 aliphatic rings. The van der Waals surface area contributed by atoms with Gasteiger partial charge >= 0.3 is 0 Å². The molecule has 9 heteroatoms. The third-order valence-corrected chi connectivity index (χ3v) is 6.07. The molecule has 3 aromatic heterocycles. The maximum Gasteiger partial charge on any atom is 0.272 e. The van der Waals surface area contributed by atoms with E-state index in [1.54, 1.807) is 10.9 Å². The number of aromatic nitrogens is 5. The standard InChI is InChI=1S/C22H29N7O2/c1-6-16-13(2)19(28(5)26-16)21(31)29-9-7-8-14(12-29)17-10-18-15(20(30)24-17)11-23-22(25-18)27(3)4/h10-11,14H,6-9,12H2,1-5H3,(H,24,30)/t14-/m0/s1. The van der Waals surface area contributed by atoms with Crippen LogP contribution in [0.1, 0.15) is 53.1 Å². The maximum absolute atomic E-state index is 13.3. The van der Waals surface area contributed by atoms with Crippen LogP contribution in [-0.2, 0) is 13.5 Å². The molecule has 1 saturated heterocycles. The van der Waals surface area contributed by atoms with E-state index < -0.39 is 0 Å². The van der Waals surface area contributed by atoms with Crippen molar-refractivity contribution >= 4 is 22.8 Å². The van der Waals surface area contributed by atoms with Gasteiger partial charge in [0.15, 0.2) is 0 Å². The lowest BCUT2D eigenvalue weighted by Gasteiger charge is -2.33. The second-order valence-corrected chi connectivity index (χ2v) is 8.40. The number of aromatic amines is 1. The Morgan fingerprint density at radius 2 is 2.13 bits per heavy atom. The van der Waals surface area contributed by atoms with E-state index in [2.05, 4.69) is 20.1 Å². The number of pyridine rings is 1. The van der Waals surface area contributed by atoms with Gasteiger partial charge in [0.05, 0.1) is 16.6 Å². The van der Waals surface area contributed by atoms with E-state index in [0.29, 0.717) is 35.6 Å². The molecule has 0 saturated carbocycles. The summed E-state index contributed by atoms with van der Waals surface area (Å²) in [5.41, 5.74) is 3.79. The summed E-state index contributed by atoms with van der Waals surface area (Å²) >= 11 is 0. The average Bonchev–Trinajstić information content (AvgIpc) is 3.05. The Morgan fingerprint density at radius 1 is 1.35 bits per heavy atom. The Morgan fingerprint density at radius 3 is 2.81 bits per heavy atom. The first-order valence-electron chi connectivity index (χ1n) is 10.7. The minimum atomic E-state index is -0.198. The van der Waals surface area contributed by atoms with Gasteiger partial charge in [-0.3, -0.25) is 14.3 Å². The van der Waals surface area contributed by atoms with Crippen molar-refractivity contribution in [2.75, 3.05) is 32.1 Å². The van der Waals surface area contributed by atoms with E-state index in [1.165, 1.54) is 0 Å². The van der Waals surface area contributed by atoms with Gasteiger partial charge in [-0.05, 0) is 32.3 Å². The SMILES string of the molecule is CCc1nn(C)c(C(=O)N2CCC[C@H](c3cc4nc(N(C)C)ncc4c(=O)[nH]3)C2)c1C. The fourth-order valence-electron chi connectivity index (χ4n) is 4.37. The summed E-state index contributed by atoms with van der Waals surface area (Å²) in [6, 6.07) is 1.93. The molecule has 0 aliphatic carbocycles. The maximum atomic E-state index is 13.3. The number of fused-ring (bicyclic) bond motifs is 1. The number of H-pyrrole nitrogens is 1. The van der Waals surface area contributed by atoms with Crippen LogP contribution < -0.4 is 10.5 Å². The van der Waals surface area contributed by atoms with Crippen LogP contribution in [-0.4, -0.2) is 62.7 Å². The highest BCUT2D eigenvalue weighted by atomic mass is 16.2. The van der Waals surface area contributed by atoms with Gasteiger partial charge in [-0.15, -0.1) is 0 Å². The van der Waals surface area contributed by atoms with Crippen molar-refractivity contribution in [2.45, 2.75) is 39.0 Å². The minimum Gasteiger partial charge on any atom is -0.347 e. The Balaban J connectivity index is 1.64. The smallest absolute Gasteiger partial charge is 0.272 e. The zero-order chi connectivity index (χ0) is 22.3. The molecular weight excluding hydrogens is 394 g/mol. The average molecular weight is 424 g/mol. The topological polar surface area (TPSA) is 100 Å². The van der Waals surface area contributed by atoms with Gasteiger partial charge in [-0.25, -0.2) is 9.97 Å². The zero-order valence-electron chi connectivity index (χ0n) is 18.8. The summed E-state index contributed by atoms with van der Waals surface area (Å²) in [4.78, 5) is 41.4. The molecule has 0 bridgehead atoms. The third kappa shape index (κ3) is 3.80. The quantitative estimate of drug-likeness (QED) is 0.689.